The van der Waals surface area contributed by atoms with Gasteiger partial charge in [0.1, 0.15) is 5.15 Å². The van der Waals surface area contributed by atoms with E-state index >= 15 is 0 Å². The summed E-state index contributed by atoms with van der Waals surface area (Å²) in [7, 11) is 0. The van der Waals surface area contributed by atoms with Crippen molar-refractivity contribution in [2.75, 3.05) is 18.4 Å². The summed E-state index contributed by atoms with van der Waals surface area (Å²) in [5.74, 6) is -0.510. The third kappa shape index (κ3) is 4.43. The van der Waals surface area contributed by atoms with Crippen LogP contribution in [0, 0.1) is 0 Å². The maximum absolute atomic E-state index is 13.0. The van der Waals surface area contributed by atoms with Gasteiger partial charge < -0.3 is 15.5 Å². The lowest BCUT2D eigenvalue weighted by Crippen LogP contribution is -2.46. The fraction of sp³-hybridized carbons (Fsp3) is 0.250. The van der Waals surface area contributed by atoms with Crippen molar-refractivity contribution >= 4 is 69.1 Å². The number of piperidine rings is 1. The zero-order chi connectivity index (χ0) is 24.0. The molecule has 0 atom stereocenters. The molecule has 174 valence electrons. The van der Waals surface area contributed by atoms with Crippen LogP contribution in [0.25, 0.3) is 10.9 Å². The van der Waals surface area contributed by atoms with E-state index in [-0.39, 0.29) is 40.4 Å². The van der Waals surface area contributed by atoms with Gasteiger partial charge in [0.2, 0.25) is 5.91 Å². The summed E-state index contributed by atoms with van der Waals surface area (Å²) in [6, 6.07) is 9.94. The van der Waals surface area contributed by atoms with Crippen LogP contribution < -0.4 is 10.6 Å². The van der Waals surface area contributed by atoms with Crippen LogP contribution in [0.15, 0.2) is 36.4 Å². The highest BCUT2D eigenvalue weighted by molar-refractivity contribution is 6.37. The fourth-order valence-electron chi connectivity index (χ4n) is 4.38. The molecule has 7 nitrogen and oxygen atoms in total. The Morgan fingerprint density at radius 2 is 1.79 bits per heavy atom. The number of hydrogen-bond donors (Lipinski definition) is 2. The molecule has 10 heteroatoms. The summed E-state index contributed by atoms with van der Waals surface area (Å²) in [5.41, 5.74) is 2.82. The molecular formula is C24H19Cl3N4O3. The summed E-state index contributed by atoms with van der Waals surface area (Å²) >= 11 is 18.5. The van der Waals surface area contributed by atoms with Crippen LogP contribution in [-0.4, -0.2) is 46.7 Å². The van der Waals surface area contributed by atoms with Crippen molar-refractivity contribution in [1.82, 2.24) is 15.2 Å². The molecule has 0 spiro atoms. The minimum atomic E-state index is -0.286. The lowest BCUT2D eigenvalue weighted by molar-refractivity contribution is -0.115. The van der Waals surface area contributed by atoms with Gasteiger partial charge in [-0.05, 0) is 48.7 Å². The van der Waals surface area contributed by atoms with Crippen molar-refractivity contribution < 1.29 is 14.4 Å². The number of nitrogens with one attached hydrogen (secondary N) is 2. The van der Waals surface area contributed by atoms with Crippen LogP contribution in [0.3, 0.4) is 0 Å². The molecule has 0 bridgehead atoms. The maximum Gasteiger partial charge on any atom is 0.253 e. The van der Waals surface area contributed by atoms with Gasteiger partial charge in [-0.15, -0.1) is 0 Å². The average molecular weight is 518 g/mol. The van der Waals surface area contributed by atoms with E-state index in [0.717, 1.165) is 10.9 Å². The number of amides is 3. The van der Waals surface area contributed by atoms with Crippen molar-refractivity contribution in [2.24, 2.45) is 0 Å². The molecule has 1 fully saturated rings. The van der Waals surface area contributed by atoms with E-state index in [2.05, 4.69) is 15.6 Å². The molecule has 3 amide bonds. The first kappa shape index (κ1) is 22.9. The molecule has 3 aromatic rings. The smallest absolute Gasteiger partial charge is 0.253 e. The molecule has 3 heterocycles. The number of nitrogens with zero attached hydrogens (tertiary/aromatic N) is 2. The largest absolute Gasteiger partial charge is 0.349 e. The van der Waals surface area contributed by atoms with Gasteiger partial charge in [0.25, 0.3) is 11.8 Å². The zero-order valence-electron chi connectivity index (χ0n) is 17.8. The highest BCUT2D eigenvalue weighted by atomic mass is 35.5. The molecule has 0 radical (unpaired) electrons. The van der Waals surface area contributed by atoms with Gasteiger partial charge in [-0.25, -0.2) is 4.98 Å². The number of halogens is 3. The summed E-state index contributed by atoms with van der Waals surface area (Å²) in [6.45, 7) is 1.00. The van der Waals surface area contributed by atoms with E-state index < -0.39 is 0 Å². The van der Waals surface area contributed by atoms with Crippen LogP contribution in [0.5, 0.6) is 0 Å². The Bertz CT molecular complexity index is 1350. The Balaban J connectivity index is 1.23. The summed E-state index contributed by atoms with van der Waals surface area (Å²) in [4.78, 5) is 43.5. The number of carbonyl (C=O) groups excluding carboxylic acids is 3. The van der Waals surface area contributed by atoms with Crippen molar-refractivity contribution in [1.29, 1.82) is 0 Å². The fourth-order valence-corrected chi connectivity index (χ4v) is 5.15. The third-order valence-corrected chi connectivity index (χ3v) is 6.97. The van der Waals surface area contributed by atoms with Crippen molar-refractivity contribution in [3.8, 4) is 0 Å². The SMILES string of the molecule is O=C1Cc2cc(C(=O)NC3CCN(C(=O)c4ccc5c(Cl)cc(Cl)nc5c4)CC3)c(Cl)cc2N1. The number of pyridine rings is 1. The Hall–Kier alpha value is -2.87. The molecule has 5 rings (SSSR count). The van der Waals surface area contributed by atoms with Crippen LogP contribution in [0.4, 0.5) is 5.69 Å². The topological polar surface area (TPSA) is 91.4 Å². The first-order chi connectivity index (χ1) is 16.3. The molecule has 0 saturated carbocycles. The lowest BCUT2D eigenvalue weighted by Gasteiger charge is -2.32. The highest BCUT2D eigenvalue weighted by Gasteiger charge is 2.27. The van der Waals surface area contributed by atoms with Gasteiger partial charge in [-0.3, -0.25) is 14.4 Å². The summed E-state index contributed by atoms with van der Waals surface area (Å²) < 4.78 is 0. The van der Waals surface area contributed by atoms with Crippen LogP contribution >= 0.6 is 34.8 Å². The first-order valence-corrected chi connectivity index (χ1v) is 11.9. The number of rotatable bonds is 3. The second-order valence-corrected chi connectivity index (χ2v) is 9.61. The number of hydrogen-bond acceptors (Lipinski definition) is 4. The van der Waals surface area contributed by atoms with Crippen molar-refractivity contribution in [3.63, 3.8) is 0 Å². The number of fused-ring (bicyclic) bond motifs is 2. The molecule has 2 N–H and O–H groups in total. The van der Waals surface area contributed by atoms with Gasteiger partial charge in [-0.1, -0.05) is 40.9 Å². The molecule has 34 heavy (non-hydrogen) atoms. The molecule has 0 unspecified atom stereocenters. The highest BCUT2D eigenvalue weighted by Crippen LogP contribution is 2.30. The Kier molecular flexibility index (Phi) is 6.10. The molecular weight excluding hydrogens is 499 g/mol. The monoisotopic (exact) mass is 516 g/mol. The van der Waals surface area contributed by atoms with Crippen molar-refractivity contribution in [2.45, 2.75) is 25.3 Å². The van der Waals surface area contributed by atoms with Gasteiger partial charge in [0.05, 0.1) is 27.5 Å². The number of benzene rings is 2. The molecule has 0 aliphatic carbocycles. The van der Waals surface area contributed by atoms with Gasteiger partial charge in [-0.2, -0.15) is 0 Å². The average Bonchev–Trinajstić information content (AvgIpc) is 3.16. The number of anilines is 1. The number of likely N-dealkylation sites (tertiary alicyclic amines) is 1. The minimum absolute atomic E-state index is 0.0866. The van der Waals surface area contributed by atoms with Crippen molar-refractivity contribution in [3.05, 3.63) is 68.3 Å². The number of aromatic nitrogens is 1. The van der Waals surface area contributed by atoms with Crippen LogP contribution in [0.1, 0.15) is 39.1 Å². The number of carbonyl (C=O) groups is 3. The summed E-state index contributed by atoms with van der Waals surface area (Å²) in [6.07, 6.45) is 1.46. The normalized spacial score (nSPS) is 15.9. The maximum atomic E-state index is 13.0. The minimum Gasteiger partial charge on any atom is -0.349 e. The third-order valence-electron chi connectivity index (χ3n) is 6.16. The zero-order valence-corrected chi connectivity index (χ0v) is 20.1. The molecule has 2 aromatic carbocycles. The van der Waals surface area contributed by atoms with Gasteiger partial charge >= 0.3 is 0 Å². The van der Waals surface area contributed by atoms with Gasteiger partial charge in [0.15, 0.2) is 0 Å². The predicted octanol–water partition coefficient (Wildman–Crippen LogP) is 4.72. The Labute approximate surface area is 210 Å². The molecule has 1 aromatic heterocycles. The quantitative estimate of drug-likeness (QED) is 0.492. The van der Waals surface area contributed by atoms with Crippen LogP contribution in [0.2, 0.25) is 15.2 Å². The second-order valence-electron chi connectivity index (χ2n) is 8.41. The standard InChI is InChI=1S/C24H19Cl3N4O3/c25-17-10-19-13(9-22(32)30-19)7-16(17)23(33)28-14-3-5-31(6-4-14)24(34)12-1-2-15-18(26)11-21(27)29-20(15)8-12/h1-2,7-8,10-11,14H,3-6,9H2,(H,28,33)(H,30,32). The lowest BCUT2D eigenvalue weighted by atomic mass is 10.0. The summed E-state index contributed by atoms with van der Waals surface area (Å²) in [5, 5.41) is 7.50. The van der Waals surface area contributed by atoms with Crippen LogP contribution in [-0.2, 0) is 11.2 Å². The van der Waals surface area contributed by atoms with E-state index in [1.54, 1.807) is 41.3 Å². The Morgan fingerprint density at radius 1 is 1.03 bits per heavy atom. The molecule has 2 aliphatic heterocycles. The van der Waals surface area contributed by atoms with E-state index in [1.165, 1.54) is 0 Å². The van der Waals surface area contributed by atoms with Gasteiger partial charge in [0, 0.05) is 35.8 Å². The first-order valence-electron chi connectivity index (χ1n) is 10.8. The van der Waals surface area contributed by atoms with E-state index in [9.17, 15) is 14.4 Å². The molecule has 1 saturated heterocycles. The molecule has 2 aliphatic rings. The van der Waals surface area contributed by atoms with E-state index in [1.807, 2.05) is 0 Å². The van der Waals surface area contributed by atoms with E-state index in [4.69, 9.17) is 34.8 Å². The van der Waals surface area contributed by atoms with E-state index in [0.29, 0.717) is 53.3 Å². The Morgan fingerprint density at radius 3 is 2.56 bits per heavy atom. The predicted molar refractivity (Wildman–Crippen MR) is 132 cm³/mol. The second kappa shape index (κ2) is 9.06.